The summed E-state index contributed by atoms with van der Waals surface area (Å²) < 4.78 is 12.2. The first-order valence-corrected chi connectivity index (χ1v) is 11.1. The van der Waals surface area contributed by atoms with Crippen molar-refractivity contribution in [2.75, 3.05) is 36.9 Å². The fourth-order valence-corrected chi connectivity index (χ4v) is 4.79. The van der Waals surface area contributed by atoms with Gasteiger partial charge in [-0.15, -0.1) is 0 Å². The molecule has 4 heterocycles. The van der Waals surface area contributed by atoms with Crippen LogP contribution in [0.2, 0.25) is 0 Å². The number of anilines is 2. The van der Waals surface area contributed by atoms with Crippen LogP contribution in [0.25, 0.3) is 11.3 Å². The van der Waals surface area contributed by atoms with Gasteiger partial charge in [0.2, 0.25) is 11.8 Å². The first-order valence-electron chi connectivity index (χ1n) is 11.1. The van der Waals surface area contributed by atoms with E-state index in [1.165, 1.54) is 0 Å². The molecule has 3 aliphatic rings. The summed E-state index contributed by atoms with van der Waals surface area (Å²) in [5.41, 5.74) is 1.24. The Morgan fingerprint density at radius 2 is 1.82 bits per heavy atom. The van der Waals surface area contributed by atoms with Crippen LogP contribution >= 0.6 is 0 Å². The van der Waals surface area contributed by atoms with Crippen molar-refractivity contribution in [2.45, 2.75) is 44.5 Å². The summed E-state index contributed by atoms with van der Waals surface area (Å²) in [6.07, 6.45) is 1.20. The Kier molecular flexibility index (Phi) is 5.12. The number of carbonyl (C=O) groups excluding carboxylic acids is 1. The Balaban J connectivity index is 1.63. The number of rotatable bonds is 3. The summed E-state index contributed by atoms with van der Waals surface area (Å²) in [6, 6.07) is 6.76. The molecule has 174 valence electrons. The lowest BCUT2D eigenvalue weighted by Crippen LogP contribution is -2.43. The molecule has 2 fully saturated rings. The SMILES string of the molecule is CN1CC(C)(C)Oc2nc(N3CC4CCC(C3)O4)nc(-c3ccc(NC(=O)O)cc3)c2C1=O. The van der Waals surface area contributed by atoms with Crippen LogP contribution in [0.4, 0.5) is 16.4 Å². The third-order valence-corrected chi connectivity index (χ3v) is 6.15. The van der Waals surface area contributed by atoms with Gasteiger partial charge in [0.1, 0.15) is 11.2 Å². The van der Waals surface area contributed by atoms with Crippen molar-refractivity contribution in [1.82, 2.24) is 14.9 Å². The normalized spacial score (nSPS) is 23.5. The highest BCUT2D eigenvalue weighted by Crippen LogP contribution is 2.37. The summed E-state index contributed by atoms with van der Waals surface area (Å²) >= 11 is 0. The molecule has 1 aromatic carbocycles. The van der Waals surface area contributed by atoms with Gasteiger partial charge < -0.3 is 24.4 Å². The molecule has 0 spiro atoms. The number of likely N-dealkylation sites (N-methyl/N-ethyl adjacent to an activating group) is 1. The molecule has 2 N–H and O–H groups in total. The van der Waals surface area contributed by atoms with E-state index in [4.69, 9.17) is 24.5 Å². The van der Waals surface area contributed by atoms with Crippen LogP contribution in [-0.2, 0) is 4.74 Å². The third-order valence-electron chi connectivity index (χ3n) is 6.15. The zero-order chi connectivity index (χ0) is 23.3. The zero-order valence-electron chi connectivity index (χ0n) is 18.9. The second kappa shape index (κ2) is 7.87. The van der Waals surface area contributed by atoms with E-state index in [-0.39, 0.29) is 24.0 Å². The predicted molar refractivity (Wildman–Crippen MR) is 121 cm³/mol. The van der Waals surface area contributed by atoms with Crippen molar-refractivity contribution in [2.24, 2.45) is 0 Å². The molecule has 10 heteroatoms. The van der Waals surface area contributed by atoms with Gasteiger partial charge in [-0.2, -0.15) is 4.98 Å². The fourth-order valence-electron chi connectivity index (χ4n) is 4.79. The van der Waals surface area contributed by atoms with E-state index in [0.717, 1.165) is 12.8 Å². The minimum Gasteiger partial charge on any atom is -0.469 e. The predicted octanol–water partition coefficient (Wildman–Crippen LogP) is 2.84. The largest absolute Gasteiger partial charge is 0.469 e. The number of morpholine rings is 1. The van der Waals surface area contributed by atoms with Gasteiger partial charge >= 0.3 is 6.09 Å². The molecule has 0 aliphatic carbocycles. The Hall–Kier alpha value is -3.40. The van der Waals surface area contributed by atoms with Crippen LogP contribution in [-0.4, -0.2) is 76.5 Å². The molecule has 5 rings (SSSR count). The average molecular weight is 453 g/mol. The van der Waals surface area contributed by atoms with Crippen molar-refractivity contribution in [1.29, 1.82) is 0 Å². The first kappa shape index (κ1) is 21.4. The molecule has 2 bridgehead atoms. The number of hydrogen-bond acceptors (Lipinski definition) is 7. The van der Waals surface area contributed by atoms with E-state index in [2.05, 4.69) is 10.2 Å². The fraction of sp³-hybridized carbons (Fsp3) is 0.478. The molecule has 10 nitrogen and oxygen atoms in total. The molecule has 2 saturated heterocycles. The second-order valence-corrected chi connectivity index (χ2v) is 9.45. The van der Waals surface area contributed by atoms with Gasteiger partial charge in [-0.1, -0.05) is 12.1 Å². The summed E-state index contributed by atoms with van der Waals surface area (Å²) in [6.45, 7) is 5.63. The standard InChI is InChI=1S/C23H27N5O5/c1-23(2)12-27(3)20(29)17-18(13-4-6-14(7-5-13)24-22(30)31)25-21(26-19(17)33-23)28-10-15-8-9-16(11-28)32-15/h4-7,15-16,24H,8-12H2,1-3H3,(H,30,31). The van der Waals surface area contributed by atoms with Gasteiger partial charge in [0.25, 0.3) is 5.91 Å². The van der Waals surface area contributed by atoms with Crippen LogP contribution in [0.5, 0.6) is 5.88 Å². The highest BCUT2D eigenvalue weighted by atomic mass is 16.5. The Labute approximate surface area is 191 Å². The summed E-state index contributed by atoms with van der Waals surface area (Å²) in [7, 11) is 1.74. The Bertz CT molecular complexity index is 1090. The summed E-state index contributed by atoms with van der Waals surface area (Å²) in [5, 5.41) is 11.3. The van der Waals surface area contributed by atoms with Gasteiger partial charge in [-0.3, -0.25) is 10.1 Å². The van der Waals surface area contributed by atoms with Crippen molar-refractivity contribution >= 4 is 23.6 Å². The summed E-state index contributed by atoms with van der Waals surface area (Å²) in [5.74, 6) is 0.553. The van der Waals surface area contributed by atoms with Crippen molar-refractivity contribution in [3.63, 3.8) is 0 Å². The topological polar surface area (TPSA) is 117 Å². The van der Waals surface area contributed by atoms with Gasteiger partial charge in [-0.05, 0) is 38.8 Å². The number of amides is 2. The van der Waals surface area contributed by atoms with Gasteiger partial charge in [0, 0.05) is 31.4 Å². The summed E-state index contributed by atoms with van der Waals surface area (Å²) in [4.78, 5) is 37.6. The lowest BCUT2D eigenvalue weighted by molar-refractivity contribution is 0.0297. The monoisotopic (exact) mass is 453 g/mol. The highest BCUT2D eigenvalue weighted by Gasteiger charge is 2.39. The lowest BCUT2D eigenvalue weighted by Gasteiger charge is -2.33. The second-order valence-electron chi connectivity index (χ2n) is 9.45. The minimum atomic E-state index is -1.14. The van der Waals surface area contributed by atoms with E-state index >= 15 is 0 Å². The number of ether oxygens (including phenoxy) is 2. The van der Waals surface area contributed by atoms with E-state index in [9.17, 15) is 9.59 Å². The van der Waals surface area contributed by atoms with Crippen LogP contribution < -0.4 is 15.0 Å². The first-order chi connectivity index (χ1) is 15.7. The quantitative estimate of drug-likeness (QED) is 0.729. The van der Waals surface area contributed by atoms with Crippen LogP contribution in [0.1, 0.15) is 37.0 Å². The Morgan fingerprint density at radius 1 is 1.15 bits per heavy atom. The molecule has 2 amide bonds. The van der Waals surface area contributed by atoms with E-state index in [1.54, 1.807) is 36.2 Å². The maximum atomic E-state index is 13.4. The maximum Gasteiger partial charge on any atom is 0.409 e. The smallest absolute Gasteiger partial charge is 0.409 e. The van der Waals surface area contributed by atoms with Crippen LogP contribution in [0.15, 0.2) is 24.3 Å². The molecule has 0 radical (unpaired) electrons. The molecular formula is C23H27N5O5. The minimum absolute atomic E-state index is 0.154. The van der Waals surface area contributed by atoms with Crippen LogP contribution in [0.3, 0.4) is 0 Å². The molecular weight excluding hydrogens is 426 g/mol. The molecule has 0 saturated carbocycles. The highest BCUT2D eigenvalue weighted by molar-refractivity contribution is 6.02. The number of aromatic nitrogens is 2. The van der Waals surface area contributed by atoms with E-state index < -0.39 is 11.7 Å². The number of nitrogens with one attached hydrogen (secondary N) is 1. The van der Waals surface area contributed by atoms with Gasteiger partial charge in [-0.25, -0.2) is 9.78 Å². The number of fused-ring (bicyclic) bond motifs is 3. The van der Waals surface area contributed by atoms with Gasteiger partial charge in [0.05, 0.1) is 24.4 Å². The van der Waals surface area contributed by atoms with Crippen molar-refractivity contribution in [3.05, 3.63) is 29.8 Å². The number of hydrogen-bond donors (Lipinski definition) is 2. The molecule has 33 heavy (non-hydrogen) atoms. The molecule has 2 unspecified atom stereocenters. The van der Waals surface area contributed by atoms with Crippen LogP contribution in [0, 0.1) is 0 Å². The third kappa shape index (κ3) is 4.18. The molecule has 2 aromatic rings. The van der Waals surface area contributed by atoms with E-state index in [1.807, 2.05) is 13.8 Å². The molecule has 2 atom stereocenters. The van der Waals surface area contributed by atoms with Crippen molar-refractivity contribution in [3.8, 4) is 17.1 Å². The average Bonchev–Trinajstić information content (AvgIpc) is 3.05. The number of nitrogens with zero attached hydrogens (tertiary/aromatic N) is 4. The van der Waals surface area contributed by atoms with Crippen molar-refractivity contribution < 1.29 is 24.2 Å². The number of benzene rings is 1. The Morgan fingerprint density at radius 3 is 2.45 bits per heavy atom. The molecule has 1 aromatic heterocycles. The lowest BCUT2D eigenvalue weighted by atomic mass is 10.1. The number of carboxylic acid groups (broad SMARTS) is 1. The maximum absolute atomic E-state index is 13.4. The van der Waals surface area contributed by atoms with E-state index in [0.29, 0.717) is 48.1 Å². The zero-order valence-corrected chi connectivity index (χ0v) is 18.9. The molecule has 3 aliphatic heterocycles. The van der Waals surface area contributed by atoms with Gasteiger partial charge in [0.15, 0.2) is 0 Å². The number of carbonyl (C=O) groups is 2.